The van der Waals surface area contributed by atoms with Crippen LogP contribution in [0.3, 0.4) is 0 Å². The molecule has 0 aromatic heterocycles. The zero-order valence-electron chi connectivity index (χ0n) is 51.1. The monoisotopic (exact) mass is 1210 g/mol. The highest BCUT2D eigenvalue weighted by atomic mass is 79.9. The number of carboxylic acid groups (broad SMARTS) is 2. The van der Waals surface area contributed by atoms with Crippen LogP contribution in [0.1, 0.15) is 332 Å². The van der Waals surface area contributed by atoms with Crippen LogP contribution in [0.2, 0.25) is 0 Å². The fourth-order valence-electron chi connectivity index (χ4n) is 10.1. The molecule has 0 aromatic rings. The molecule has 5 rings (SSSR count). The number of hydrogen-bond acceptors (Lipinski definition) is 8. The summed E-state index contributed by atoms with van der Waals surface area (Å²) in [6.07, 6.45) is 47.7. The number of ether oxygens (including phenoxy) is 3. The van der Waals surface area contributed by atoms with Gasteiger partial charge in [0, 0.05) is 0 Å². The van der Waals surface area contributed by atoms with Gasteiger partial charge in [0.15, 0.2) is 0 Å². The van der Waals surface area contributed by atoms with Gasteiger partial charge in [0.2, 0.25) is 0 Å². The van der Waals surface area contributed by atoms with Gasteiger partial charge in [-0.05, 0) is 159 Å². The zero-order chi connectivity index (χ0) is 57.7. The predicted octanol–water partition coefficient (Wildman–Crippen LogP) is 19.9. The summed E-state index contributed by atoms with van der Waals surface area (Å²) in [5.74, 6) is -0.923. The van der Waals surface area contributed by atoms with Crippen molar-refractivity contribution in [2.75, 3.05) is 0 Å². The molecule has 450 valence electrons. The molecule has 0 aliphatic heterocycles. The number of unbranched alkanes of at least 4 members (excludes halogenated alkanes) is 23. The number of hydrogen-bond donors (Lipinski definition) is 2. The molecule has 0 heterocycles. The Morgan fingerprint density at radius 2 is 0.649 bits per heavy atom. The van der Waals surface area contributed by atoms with Gasteiger partial charge in [-0.25, -0.2) is 0 Å². The van der Waals surface area contributed by atoms with Gasteiger partial charge in [0.05, 0.1) is 31.3 Å². The molecule has 0 spiro atoms. The summed E-state index contributed by atoms with van der Waals surface area (Å²) in [4.78, 5) is 57.8. The first kappa shape index (κ1) is 71.4. The Kier molecular flexibility index (Phi) is 33.4. The van der Waals surface area contributed by atoms with Crippen LogP contribution < -0.4 is 0 Å². The Labute approximate surface area is 488 Å². The summed E-state index contributed by atoms with van der Waals surface area (Å²) in [5.41, 5.74) is -2.02. The molecule has 10 nitrogen and oxygen atoms in total. The van der Waals surface area contributed by atoms with Crippen LogP contribution in [-0.2, 0) is 38.2 Å². The second kappa shape index (κ2) is 36.0. The molecule has 5 aliphatic carbocycles. The fraction of sp³-hybridized carbons (Fsp3) is 0.923. The molecule has 0 bridgehead atoms. The van der Waals surface area contributed by atoms with Gasteiger partial charge in [0.1, 0.15) is 16.8 Å². The molecule has 77 heavy (non-hydrogen) atoms. The summed E-state index contributed by atoms with van der Waals surface area (Å²) in [7, 11) is 0. The lowest BCUT2D eigenvalue weighted by molar-refractivity contribution is -0.163. The van der Waals surface area contributed by atoms with Crippen LogP contribution in [0.15, 0.2) is 0 Å². The SMILES string of the molecule is CC(C)(C)OC(=O)C1(CCCCCCCCCCCC2(C(=O)OC(C)(C)C)CC2)CC1.CC(C)(C)OC(=O)C1CC1.CCCCCCCCCCC(Br)Br.O=C(O)C1(CCCCCCCCCCCC2(C(=O)O)CC2)CC1. The molecule has 2 N–H and O–H groups in total. The minimum atomic E-state index is -0.589. The Balaban J connectivity index is 0.000000384. The fourth-order valence-corrected chi connectivity index (χ4v) is 10.7. The average molecular weight is 1220 g/mol. The van der Waals surface area contributed by atoms with E-state index in [1.165, 1.54) is 135 Å². The molecule has 0 aromatic carbocycles. The van der Waals surface area contributed by atoms with Crippen molar-refractivity contribution in [2.24, 2.45) is 27.6 Å². The maximum atomic E-state index is 12.4. The highest BCUT2D eigenvalue weighted by Gasteiger charge is 2.53. The van der Waals surface area contributed by atoms with E-state index in [0.29, 0.717) is 3.74 Å². The van der Waals surface area contributed by atoms with Crippen LogP contribution in [0, 0.1) is 27.6 Å². The lowest BCUT2D eigenvalue weighted by Gasteiger charge is -2.23. The van der Waals surface area contributed by atoms with E-state index in [0.717, 1.165) is 128 Å². The van der Waals surface area contributed by atoms with E-state index >= 15 is 0 Å². The van der Waals surface area contributed by atoms with Crippen LogP contribution in [0.4, 0.5) is 0 Å². The summed E-state index contributed by atoms with van der Waals surface area (Å²) in [5, 5.41) is 18.2. The number of rotatable bonds is 38. The van der Waals surface area contributed by atoms with E-state index < -0.39 is 11.9 Å². The molecule has 5 saturated carbocycles. The quantitative estimate of drug-likeness (QED) is 0.0264. The van der Waals surface area contributed by atoms with Crippen LogP contribution >= 0.6 is 31.9 Å². The van der Waals surface area contributed by atoms with E-state index in [1.807, 2.05) is 62.3 Å². The van der Waals surface area contributed by atoms with Crippen molar-refractivity contribution in [1.29, 1.82) is 0 Å². The van der Waals surface area contributed by atoms with Crippen molar-refractivity contribution in [3.63, 3.8) is 0 Å². The smallest absolute Gasteiger partial charge is 0.312 e. The molecule has 0 unspecified atom stereocenters. The second-order valence-corrected chi connectivity index (χ2v) is 31.0. The molecular formula is C65H116Br2O10. The number of halogens is 2. The predicted molar refractivity (Wildman–Crippen MR) is 323 cm³/mol. The minimum absolute atomic E-state index is 0.0208. The van der Waals surface area contributed by atoms with E-state index in [2.05, 4.69) is 38.8 Å². The summed E-state index contributed by atoms with van der Waals surface area (Å²) >= 11 is 6.99. The van der Waals surface area contributed by atoms with Gasteiger partial charge in [-0.3, -0.25) is 24.0 Å². The van der Waals surface area contributed by atoms with Gasteiger partial charge in [-0.15, -0.1) is 0 Å². The number of aliphatic carboxylic acids is 2. The first-order chi connectivity index (χ1) is 36.1. The molecule has 0 saturated heterocycles. The van der Waals surface area contributed by atoms with Gasteiger partial charge < -0.3 is 24.4 Å². The number of carbonyl (C=O) groups is 5. The molecule has 5 fully saturated rings. The molecule has 0 amide bonds. The van der Waals surface area contributed by atoms with Crippen molar-refractivity contribution in [2.45, 2.75) is 353 Å². The van der Waals surface area contributed by atoms with Gasteiger partial charge in [-0.2, -0.15) is 0 Å². The topological polar surface area (TPSA) is 154 Å². The van der Waals surface area contributed by atoms with Crippen LogP contribution in [-0.4, -0.2) is 60.6 Å². The highest BCUT2D eigenvalue weighted by molar-refractivity contribution is 9.24. The number of alkyl halides is 2. The van der Waals surface area contributed by atoms with E-state index in [9.17, 15) is 24.0 Å². The van der Waals surface area contributed by atoms with Crippen LogP contribution in [0.25, 0.3) is 0 Å². The van der Waals surface area contributed by atoms with E-state index in [-0.39, 0.29) is 62.3 Å². The van der Waals surface area contributed by atoms with E-state index in [1.54, 1.807) is 0 Å². The van der Waals surface area contributed by atoms with E-state index in [4.69, 9.17) is 24.4 Å². The van der Waals surface area contributed by atoms with Crippen molar-refractivity contribution in [3.8, 4) is 0 Å². The third-order valence-electron chi connectivity index (χ3n) is 16.2. The standard InChI is InChI=1S/C27H48O4.C19H32O4.C11H22Br2.C8H14O2/c1-24(2,3)30-22(28)26(18-19-26)16-14-12-10-8-7-9-11-13-15-17-27(20-21-27)23(29)31-25(4,5)6;20-16(21)18(12-13-18)10-8-6-4-2-1-3-5-7-9-11-19(14-15-19)17(22)23;1-2-3-4-5-6-7-8-9-10-11(12)13;1-8(2,3)10-7(9)6-4-5-6/h7-21H2,1-6H3;1-15H2,(H,20,21)(H,22,23);11H,2-10H2,1H3;6H,4-5H2,1-3H3. The van der Waals surface area contributed by atoms with Gasteiger partial charge in [0.25, 0.3) is 0 Å². The lowest BCUT2D eigenvalue weighted by atomic mass is 9.96. The number of esters is 3. The molecule has 0 atom stereocenters. The summed E-state index contributed by atoms with van der Waals surface area (Å²) < 4.78 is 16.9. The molecule has 5 aliphatic rings. The molecule has 0 radical (unpaired) electrons. The first-order valence-corrected chi connectivity index (χ1v) is 33.4. The van der Waals surface area contributed by atoms with Crippen LogP contribution in [0.5, 0.6) is 0 Å². The maximum absolute atomic E-state index is 12.4. The zero-order valence-corrected chi connectivity index (χ0v) is 54.2. The Morgan fingerprint density at radius 3 is 0.870 bits per heavy atom. The van der Waals surface area contributed by atoms with Gasteiger partial charge in [-0.1, -0.05) is 206 Å². The van der Waals surface area contributed by atoms with Crippen molar-refractivity contribution >= 4 is 61.7 Å². The summed E-state index contributed by atoms with van der Waals surface area (Å²) in [6.45, 7) is 19.7. The second-order valence-electron chi connectivity index (χ2n) is 27.6. The third-order valence-corrected chi connectivity index (χ3v) is 17.1. The molecular weight excluding hydrogens is 1100 g/mol. The number of carbonyl (C=O) groups excluding carboxylic acids is 3. The van der Waals surface area contributed by atoms with Crippen molar-refractivity contribution in [1.82, 2.24) is 0 Å². The normalized spacial score (nSPS) is 18.0. The Bertz CT molecular complexity index is 1580. The summed E-state index contributed by atoms with van der Waals surface area (Å²) in [6, 6.07) is 0. The molecule has 12 heteroatoms. The average Bonchev–Trinajstić information content (AvgIpc) is 4.10. The Hall–Kier alpha value is -1.69. The first-order valence-electron chi connectivity index (χ1n) is 31.6. The largest absolute Gasteiger partial charge is 0.481 e. The van der Waals surface area contributed by atoms with Crippen molar-refractivity contribution < 1.29 is 48.4 Å². The Morgan fingerprint density at radius 1 is 0.403 bits per heavy atom. The third kappa shape index (κ3) is 34.4. The number of carboxylic acids is 2. The highest BCUT2D eigenvalue weighted by Crippen LogP contribution is 2.53. The lowest BCUT2D eigenvalue weighted by Crippen LogP contribution is -2.29. The maximum Gasteiger partial charge on any atom is 0.312 e. The minimum Gasteiger partial charge on any atom is -0.481 e. The van der Waals surface area contributed by atoms with Gasteiger partial charge >= 0.3 is 29.8 Å². The van der Waals surface area contributed by atoms with Crippen molar-refractivity contribution in [3.05, 3.63) is 0 Å².